The molecule has 13 nitrogen and oxygen atoms in total. The molecular weight excluding hydrogens is 859 g/mol. The van der Waals surface area contributed by atoms with Gasteiger partial charge in [0.15, 0.2) is 5.78 Å². The number of fused-ring (bicyclic) bond motifs is 2. The molecule has 4 amide bonds. The predicted molar refractivity (Wildman–Crippen MR) is 264 cm³/mol. The Kier molecular flexibility index (Phi) is 18.1. The van der Waals surface area contributed by atoms with Gasteiger partial charge in [0.25, 0.3) is 5.91 Å². The Labute approximate surface area is 405 Å². The molecule has 0 radical (unpaired) electrons. The van der Waals surface area contributed by atoms with E-state index in [2.05, 4.69) is 30.6 Å². The Bertz CT molecular complexity index is 2120. The summed E-state index contributed by atoms with van der Waals surface area (Å²) in [5.74, 6) is -2.14. The zero-order chi connectivity index (χ0) is 49.4. The van der Waals surface area contributed by atoms with Crippen LogP contribution in [-0.2, 0) is 51.2 Å². The monoisotopic (exact) mass is 936 g/mol. The Hall–Kier alpha value is -4.98. The second-order valence-corrected chi connectivity index (χ2v) is 20.4. The van der Waals surface area contributed by atoms with Crippen molar-refractivity contribution in [2.75, 3.05) is 40.2 Å². The van der Waals surface area contributed by atoms with Gasteiger partial charge in [-0.15, -0.1) is 0 Å². The Morgan fingerprint density at radius 1 is 0.882 bits per heavy atom. The first-order valence-corrected chi connectivity index (χ1v) is 25.0. The number of nitrogens with zero attached hydrogens (tertiary/aromatic N) is 4. The third-order valence-electron chi connectivity index (χ3n) is 15.9. The van der Waals surface area contributed by atoms with Gasteiger partial charge in [-0.2, -0.15) is 0 Å². The van der Waals surface area contributed by atoms with Crippen molar-refractivity contribution in [3.63, 3.8) is 0 Å². The van der Waals surface area contributed by atoms with E-state index in [-0.39, 0.29) is 78.4 Å². The van der Waals surface area contributed by atoms with Crippen LogP contribution >= 0.6 is 0 Å². The first kappa shape index (κ1) is 52.4. The number of ether oxygens (including phenoxy) is 2. The van der Waals surface area contributed by atoms with E-state index in [4.69, 9.17) is 9.47 Å². The minimum absolute atomic E-state index is 0.00794. The van der Waals surface area contributed by atoms with Gasteiger partial charge in [-0.25, -0.2) is 0 Å². The van der Waals surface area contributed by atoms with Crippen LogP contribution < -0.4 is 5.32 Å². The average Bonchev–Trinajstić information content (AvgIpc) is 4.14. The van der Waals surface area contributed by atoms with E-state index < -0.39 is 36.0 Å². The number of hydrogen-bond donors (Lipinski definition) is 1. The van der Waals surface area contributed by atoms with Crippen LogP contribution in [0.2, 0.25) is 0 Å². The zero-order valence-corrected chi connectivity index (χ0v) is 42.0. The number of benzene rings is 2. The lowest BCUT2D eigenvalue weighted by Crippen LogP contribution is -2.54. The van der Waals surface area contributed by atoms with Gasteiger partial charge >= 0.3 is 0 Å². The van der Waals surface area contributed by atoms with Crippen LogP contribution in [0.15, 0.2) is 79.0 Å². The topological polar surface area (TPSA) is 146 Å². The lowest BCUT2D eigenvalue weighted by Gasteiger charge is -2.41. The minimum Gasteiger partial charge on any atom is -0.379 e. The molecule has 0 spiro atoms. The molecule has 1 N–H and O–H groups in total. The van der Waals surface area contributed by atoms with Gasteiger partial charge in [-0.1, -0.05) is 90.1 Å². The van der Waals surface area contributed by atoms with E-state index in [9.17, 15) is 28.8 Å². The first-order chi connectivity index (χ1) is 32.5. The molecule has 3 fully saturated rings. The highest BCUT2D eigenvalue weighted by molar-refractivity contribution is 5.96. The number of nitrogens with one attached hydrogen (secondary N) is 1. The summed E-state index contributed by atoms with van der Waals surface area (Å²) in [6.07, 6.45) is 7.86. The molecule has 2 aromatic rings. The largest absolute Gasteiger partial charge is 0.379 e. The molecule has 2 bridgehead atoms. The summed E-state index contributed by atoms with van der Waals surface area (Å²) >= 11 is 0. The summed E-state index contributed by atoms with van der Waals surface area (Å²) in [4.78, 5) is 91.0. The third kappa shape index (κ3) is 12.1. The second-order valence-electron chi connectivity index (χ2n) is 20.4. The van der Waals surface area contributed by atoms with Crippen molar-refractivity contribution < 1.29 is 38.2 Å². The number of carbonyl (C=O) groups is 6. The molecule has 6 rings (SSSR count). The van der Waals surface area contributed by atoms with E-state index in [1.54, 1.807) is 49.3 Å². The van der Waals surface area contributed by atoms with Gasteiger partial charge in [0.1, 0.15) is 5.78 Å². The highest BCUT2D eigenvalue weighted by atomic mass is 16.5. The van der Waals surface area contributed by atoms with Crippen molar-refractivity contribution in [3.8, 4) is 0 Å². The standard InChI is InChI=1S/C55H77N5O8/c1-11-35(4)51(58(8)55(66)44(34(2)3)31-47(62)52-40-22-25-43(29-40)57(52)7)48(67-9)32-50(64)59-27-15-18-45(59)53(68-10)37(6)46(61)30-41(28-38-16-13-12-14-17-38)54(65)56-42-23-20-39(21-24-42)33-60-36(5)19-26-49(60)63/h12-14,16-17,19-21,23-24,26,34-35,37,40-41,43-45,48,51-53H,5,11,15,18,22,25,27-33H2,1-4,6-10H3,(H,56,65)/t35-,37-,40-,41+,43+,44-,45-,48+,51-,52-,53+/m0/s1. The smallest absolute Gasteiger partial charge is 0.251 e. The summed E-state index contributed by atoms with van der Waals surface area (Å²) in [6, 6.07) is 16.4. The van der Waals surface area contributed by atoms with Crippen LogP contribution in [0.5, 0.6) is 0 Å². The minimum atomic E-state index is -0.685. The number of piperidine rings is 1. The lowest BCUT2D eigenvalue weighted by molar-refractivity contribution is -0.149. The Morgan fingerprint density at radius 2 is 1.59 bits per heavy atom. The van der Waals surface area contributed by atoms with Gasteiger partial charge in [0.05, 0.1) is 43.3 Å². The number of likely N-dealkylation sites (tertiary alicyclic amines) is 2. The Balaban J connectivity index is 1.11. The summed E-state index contributed by atoms with van der Waals surface area (Å²) in [5, 5.41) is 3.02. The van der Waals surface area contributed by atoms with E-state index in [0.29, 0.717) is 49.3 Å². The number of Topliss-reactive ketones (excluding diaryl/α,β-unsaturated/α-hetero) is 2. The number of hydrogen-bond acceptors (Lipinski definition) is 9. The van der Waals surface area contributed by atoms with Gasteiger partial charge in [0, 0.05) is 81.9 Å². The van der Waals surface area contributed by atoms with Crippen molar-refractivity contribution >= 4 is 40.9 Å². The fourth-order valence-corrected chi connectivity index (χ4v) is 11.6. The number of ketones is 2. The van der Waals surface area contributed by atoms with Gasteiger partial charge in [-0.3, -0.25) is 33.7 Å². The highest BCUT2D eigenvalue weighted by Gasteiger charge is 2.48. The first-order valence-electron chi connectivity index (χ1n) is 25.0. The molecule has 1 saturated carbocycles. The zero-order valence-electron chi connectivity index (χ0n) is 42.0. The molecule has 0 aromatic heterocycles. The molecule has 2 saturated heterocycles. The molecular formula is C55H77N5O8. The molecule has 68 heavy (non-hydrogen) atoms. The fraction of sp³-hybridized carbons (Fsp3) is 0.600. The van der Waals surface area contributed by atoms with E-state index in [1.165, 1.54) is 6.08 Å². The van der Waals surface area contributed by atoms with E-state index >= 15 is 0 Å². The molecule has 13 heteroatoms. The summed E-state index contributed by atoms with van der Waals surface area (Å²) < 4.78 is 12.2. The van der Waals surface area contributed by atoms with Gasteiger partial charge in [0.2, 0.25) is 17.7 Å². The maximum Gasteiger partial charge on any atom is 0.251 e. The van der Waals surface area contributed by atoms with Crippen molar-refractivity contribution in [3.05, 3.63) is 90.2 Å². The lowest BCUT2D eigenvalue weighted by atomic mass is 9.83. The Morgan fingerprint density at radius 3 is 2.18 bits per heavy atom. The number of rotatable bonds is 24. The van der Waals surface area contributed by atoms with E-state index in [1.807, 2.05) is 75.2 Å². The number of likely N-dealkylation sites (N-methyl/N-ethyl adjacent to an activating group) is 2. The number of methoxy groups -OCH3 is 2. The summed E-state index contributed by atoms with van der Waals surface area (Å²) in [5.41, 5.74) is 3.01. The maximum absolute atomic E-state index is 14.5. The molecule has 3 heterocycles. The second kappa shape index (κ2) is 23.6. The number of carbonyl (C=O) groups excluding carboxylic acids is 6. The van der Waals surface area contributed by atoms with Crippen LogP contribution in [0.1, 0.15) is 104 Å². The highest BCUT2D eigenvalue weighted by Crippen LogP contribution is 2.43. The molecule has 1 aliphatic carbocycles. The van der Waals surface area contributed by atoms with Crippen molar-refractivity contribution in [1.82, 2.24) is 19.6 Å². The number of anilines is 1. The molecule has 11 atom stereocenters. The van der Waals surface area contributed by atoms with Gasteiger partial charge in [-0.05, 0) is 92.7 Å². The van der Waals surface area contributed by atoms with Gasteiger partial charge < -0.3 is 29.5 Å². The van der Waals surface area contributed by atoms with Crippen molar-refractivity contribution in [1.29, 1.82) is 0 Å². The normalized spacial score (nSPS) is 23.4. The average molecular weight is 936 g/mol. The molecule has 0 unspecified atom stereocenters. The van der Waals surface area contributed by atoms with Crippen LogP contribution in [0, 0.1) is 35.5 Å². The molecule has 4 aliphatic rings. The summed E-state index contributed by atoms with van der Waals surface area (Å²) in [6.45, 7) is 14.8. The quantitative estimate of drug-likeness (QED) is 0.113. The van der Waals surface area contributed by atoms with Crippen LogP contribution in [0.25, 0.3) is 0 Å². The fourth-order valence-electron chi connectivity index (χ4n) is 11.6. The summed E-state index contributed by atoms with van der Waals surface area (Å²) in [7, 11) is 7.00. The third-order valence-corrected chi connectivity index (χ3v) is 15.9. The maximum atomic E-state index is 14.5. The van der Waals surface area contributed by atoms with Crippen LogP contribution in [0.3, 0.4) is 0 Å². The van der Waals surface area contributed by atoms with Crippen molar-refractivity contribution in [2.24, 2.45) is 35.5 Å². The van der Waals surface area contributed by atoms with Crippen LogP contribution in [-0.4, -0.2) is 126 Å². The SMILES string of the molecule is C=C1C=CC(=O)N1Cc1ccc(NC(=O)[C@@H](CC(=O)[C@H](C)[C@@H](OC)[C@@H]2CCCN2C(=O)C[C@@H](OC)[C@H]([C@@H](C)CC)N(C)C(=O)[C@@H](CC(=O)[C@@H]2[C@H]3CC[C@H](C3)N2C)C(C)C)Cc2ccccc2)cc1. The molecule has 370 valence electrons. The van der Waals surface area contributed by atoms with E-state index in [0.717, 1.165) is 43.2 Å². The number of allylic oxidation sites excluding steroid dienone is 1. The van der Waals surface area contributed by atoms with Crippen LogP contribution in [0.4, 0.5) is 5.69 Å². The number of amides is 4. The van der Waals surface area contributed by atoms with Crippen molar-refractivity contribution in [2.45, 2.75) is 142 Å². The molecule has 3 aliphatic heterocycles. The predicted octanol–water partition coefficient (Wildman–Crippen LogP) is 7.49. The molecule has 2 aromatic carbocycles.